The third kappa shape index (κ3) is 6.61. The second-order valence-electron chi connectivity index (χ2n) is 10.00. The van der Waals surface area contributed by atoms with Crippen LogP contribution in [-0.4, -0.2) is 57.3 Å². The number of hydrogen-bond acceptors (Lipinski definition) is 9. The van der Waals surface area contributed by atoms with Crippen LogP contribution in [0.5, 0.6) is 11.5 Å². The zero-order chi connectivity index (χ0) is 31.2. The SMILES string of the molecule is COc1ccc([C@@H]2CC(c3cccs3)=NN2C(=O)CSc2nnc(CNC(=O)c3ccccc3OC)n2-c2ccccc2)cc1. The molecule has 1 N–H and O–H groups in total. The number of benzene rings is 3. The lowest BCUT2D eigenvalue weighted by molar-refractivity contribution is -0.130. The number of thiophene rings is 1. The molecule has 2 amide bonds. The highest BCUT2D eigenvalue weighted by atomic mass is 32.2. The molecule has 0 saturated heterocycles. The molecule has 6 rings (SSSR count). The highest BCUT2D eigenvalue weighted by molar-refractivity contribution is 7.99. The van der Waals surface area contributed by atoms with Crippen molar-refractivity contribution in [3.8, 4) is 17.2 Å². The van der Waals surface area contributed by atoms with E-state index < -0.39 is 0 Å². The summed E-state index contributed by atoms with van der Waals surface area (Å²) in [5.74, 6) is 1.40. The molecule has 0 aliphatic carbocycles. The predicted molar refractivity (Wildman–Crippen MR) is 174 cm³/mol. The Kier molecular flexibility index (Phi) is 9.22. The van der Waals surface area contributed by atoms with Crippen molar-refractivity contribution in [1.29, 1.82) is 0 Å². The Labute approximate surface area is 268 Å². The summed E-state index contributed by atoms with van der Waals surface area (Å²) >= 11 is 2.88. The molecule has 12 heteroatoms. The smallest absolute Gasteiger partial charge is 0.255 e. The maximum Gasteiger partial charge on any atom is 0.255 e. The zero-order valence-electron chi connectivity index (χ0n) is 24.6. The van der Waals surface area contributed by atoms with E-state index in [1.54, 1.807) is 41.7 Å². The Morgan fingerprint density at radius 3 is 2.44 bits per heavy atom. The van der Waals surface area contributed by atoms with Gasteiger partial charge in [-0.3, -0.25) is 14.2 Å². The third-order valence-corrected chi connectivity index (χ3v) is 9.10. The van der Waals surface area contributed by atoms with Gasteiger partial charge in [0.2, 0.25) is 0 Å². The number of rotatable bonds is 11. The van der Waals surface area contributed by atoms with E-state index in [1.165, 1.54) is 18.9 Å². The van der Waals surface area contributed by atoms with Gasteiger partial charge in [-0.05, 0) is 53.4 Å². The van der Waals surface area contributed by atoms with Crippen LogP contribution < -0.4 is 14.8 Å². The Morgan fingerprint density at radius 1 is 0.933 bits per heavy atom. The molecule has 0 radical (unpaired) electrons. The zero-order valence-corrected chi connectivity index (χ0v) is 26.3. The fourth-order valence-corrected chi connectivity index (χ4v) is 6.59. The number of nitrogens with zero attached hydrogens (tertiary/aromatic N) is 5. The first-order valence-corrected chi connectivity index (χ1v) is 16.0. The van der Waals surface area contributed by atoms with Crippen molar-refractivity contribution < 1.29 is 19.1 Å². The Morgan fingerprint density at radius 2 is 1.71 bits per heavy atom. The lowest BCUT2D eigenvalue weighted by Gasteiger charge is -2.22. The molecule has 2 aromatic heterocycles. The molecule has 3 heterocycles. The molecule has 1 aliphatic heterocycles. The summed E-state index contributed by atoms with van der Waals surface area (Å²) in [6.07, 6.45) is 0.611. The molecule has 0 fully saturated rings. The van der Waals surface area contributed by atoms with Crippen LogP contribution in [0.15, 0.2) is 107 Å². The second kappa shape index (κ2) is 13.8. The largest absolute Gasteiger partial charge is 0.497 e. The number of amides is 2. The summed E-state index contributed by atoms with van der Waals surface area (Å²) in [6, 6.07) is 28.1. The highest BCUT2D eigenvalue weighted by Gasteiger charge is 2.33. The molecule has 1 atom stereocenters. The number of carbonyl (C=O) groups is 2. The van der Waals surface area contributed by atoms with Gasteiger partial charge in [0, 0.05) is 12.1 Å². The number of nitrogens with one attached hydrogen (secondary N) is 1. The van der Waals surface area contributed by atoms with Crippen LogP contribution in [0, 0.1) is 0 Å². The van der Waals surface area contributed by atoms with Gasteiger partial charge < -0.3 is 14.8 Å². The summed E-state index contributed by atoms with van der Waals surface area (Å²) in [6.45, 7) is 0.118. The molecule has 45 heavy (non-hydrogen) atoms. The van der Waals surface area contributed by atoms with E-state index >= 15 is 0 Å². The average Bonchev–Trinajstić information content (AvgIpc) is 3.87. The average molecular weight is 639 g/mol. The molecule has 0 saturated carbocycles. The van der Waals surface area contributed by atoms with E-state index in [9.17, 15) is 9.59 Å². The summed E-state index contributed by atoms with van der Waals surface area (Å²) in [4.78, 5) is 27.8. The van der Waals surface area contributed by atoms with Crippen LogP contribution in [0.2, 0.25) is 0 Å². The molecular weight excluding hydrogens is 609 g/mol. The standard InChI is InChI=1S/C33H30N6O4S2/c1-42-24-16-14-22(15-17-24)27-19-26(29-13-8-18-44-29)37-39(27)31(40)21-45-33-36-35-30(38(33)23-9-4-3-5-10-23)20-34-32(41)25-11-6-7-12-28(25)43-2/h3-18,27H,19-21H2,1-2H3,(H,34,41)/t27-/m0/s1. The van der Waals surface area contributed by atoms with E-state index in [0.717, 1.165) is 27.6 Å². The van der Waals surface area contributed by atoms with Crippen molar-refractivity contribution in [3.63, 3.8) is 0 Å². The first-order valence-electron chi connectivity index (χ1n) is 14.2. The number of para-hydroxylation sites is 2. The number of carbonyl (C=O) groups excluding carboxylic acids is 2. The fraction of sp³-hybridized carbons (Fsp3) is 0.182. The molecule has 10 nitrogen and oxygen atoms in total. The Bertz CT molecular complexity index is 1810. The Hall–Kier alpha value is -4.94. The Balaban J connectivity index is 1.22. The summed E-state index contributed by atoms with van der Waals surface area (Å²) in [5.41, 5.74) is 3.09. The molecule has 228 valence electrons. The minimum atomic E-state index is -0.294. The van der Waals surface area contributed by atoms with Crippen molar-refractivity contribution in [3.05, 3.63) is 118 Å². The number of aromatic nitrogens is 3. The van der Waals surface area contributed by atoms with Crippen LogP contribution >= 0.6 is 23.1 Å². The number of methoxy groups -OCH3 is 2. The van der Waals surface area contributed by atoms with Gasteiger partial charge >= 0.3 is 0 Å². The highest BCUT2D eigenvalue weighted by Crippen LogP contribution is 2.35. The molecule has 0 bridgehead atoms. The predicted octanol–water partition coefficient (Wildman–Crippen LogP) is 5.75. The molecule has 0 unspecified atom stereocenters. The molecule has 1 aliphatic rings. The van der Waals surface area contributed by atoms with Crippen LogP contribution in [0.3, 0.4) is 0 Å². The van der Waals surface area contributed by atoms with Crippen LogP contribution in [0.25, 0.3) is 5.69 Å². The van der Waals surface area contributed by atoms with Crippen molar-refractivity contribution in [1.82, 2.24) is 25.1 Å². The lowest BCUT2D eigenvalue weighted by Crippen LogP contribution is -2.28. The third-order valence-electron chi connectivity index (χ3n) is 7.27. The van der Waals surface area contributed by atoms with Gasteiger partial charge in [-0.25, -0.2) is 5.01 Å². The van der Waals surface area contributed by atoms with Gasteiger partial charge in [0.05, 0.1) is 48.7 Å². The number of thioether (sulfide) groups is 1. The normalized spacial score (nSPS) is 14.2. The minimum Gasteiger partial charge on any atom is -0.497 e. The van der Waals surface area contributed by atoms with Gasteiger partial charge in [0.25, 0.3) is 11.8 Å². The molecule has 0 spiro atoms. The second-order valence-corrected chi connectivity index (χ2v) is 11.9. The minimum absolute atomic E-state index is 0.0897. The van der Waals surface area contributed by atoms with E-state index in [0.29, 0.717) is 28.7 Å². The first-order chi connectivity index (χ1) is 22.1. The number of ether oxygens (including phenoxy) is 2. The molecule has 5 aromatic rings. The maximum absolute atomic E-state index is 13.8. The summed E-state index contributed by atoms with van der Waals surface area (Å²) in [5, 5.41) is 20.6. The topological polar surface area (TPSA) is 111 Å². The van der Waals surface area contributed by atoms with Crippen LogP contribution in [-0.2, 0) is 11.3 Å². The van der Waals surface area contributed by atoms with Gasteiger partial charge in [-0.15, -0.1) is 21.5 Å². The van der Waals surface area contributed by atoms with Gasteiger partial charge in [0.1, 0.15) is 11.5 Å². The van der Waals surface area contributed by atoms with E-state index in [2.05, 4.69) is 15.5 Å². The van der Waals surface area contributed by atoms with Crippen LogP contribution in [0.4, 0.5) is 0 Å². The maximum atomic E-state index is 13.8. The quantitative estimate of drug-likeness (QED) is 0.184. The van der Waals surface area contributed by atoms with Gasteiger partial charge in [-0.1, -0.05) is 60.3 Å². The first kappa shape index (κ1) is 30.1. The summed E-state index contributed by atoms with van der Waals surface area (Å²) < 4.78 is 12.5. The lowest BCUT2D eigenvalue weighted by atomic mass is 10.0. The molecule has 3 aromatic carbocycles. The fourth-order valence-electron chi connectivity index (χ4n) is 5.04. The van der Waals surface area contributed by atoms with Crippen molar-refractivity contribution in [2.24, 2.45) is 5.10 Å². The van der Waals surface area contributed by atoms with Crippen molar-refractivity contribution in [2.75, 3.05) is 20.0 Å². The van der Waals surface area contributed by atoms with Crippen molar-refractivity contribution >= 4 is 40.6 Å². The van der Waals surface area contributed by atoms with Crippen LogP contribution in [0.1, 0.15) is 39.1 Å². The number of hydrazone groups is 1. The molecular formula is C33H30N6O4S2. The van der Waals surface area contributed by atoms with E-state index in [1.807, 2.05) is 82.7 Å². The van der Waals surface area contributed by atoms with Gasteiger partial charge in [-0.2, -0.15) is 5.10 Å². The van der Waals surface area contributed by atoms with E-state index in [4.69, 9.17) is 14.6 Å². The monoisotopic (exact) mass is 638 g/mol. The summed E-state index contributed by atoms with van der Waals surface area (Å²) in [7, 11) is 3.15. The van der Waals surface area contributed by atoms with Gasteiger partial charge in [0.15, 0.2) is 11.0 Å². The number of hydrogen-bond donors (Lipinski definition) is 1. The van der Waals surface area contributed by atoms with Crippen molar-refractivity contribution in [2.45, 2.75) is 24.2 Å². The van der Waals surface area contributed by atoms with E-state index in [-0.39, 0.29) is 30.2 Å².